The van der Waals surface area contributed by atoms with Gasteiger partial charge in [0.05, 0.1) is 19.9 Å². The van der Waals surface area contributed by atoms with E-state index in [4.69, 9.17) is 5.11 Å². The number of hydroxylamine groups is 1. The third-order valence-electron chi connectivity index (χ3n) is 1.35. The van der Waals surface area contributed by atoms with Crippen LogP contribution in [0.4, 0.5) is 0 Å². The number of nitrogens with zero attached hydrogens (tertiary/aromatic N) is 3. The Morgan fingerprint density at radius 2 is 2.62 bits per heavy atom. The Morgan fingerprint density at radius 3 is 3.15 bits per heavy atom. The first-order chi connectivity index (χ1) is 6.24. The van der Waals surface area contributed by atoms with Gasteiger partial charge in [0.2, 0.25) is 0 Å². The second-order valence-corrected chi connectivity index (χ2v) is 2.27. The van der Waals surface area contributed by atoms with Gasteiger partial charge < -0.3 is 9.94 Å². The molecule has 7 heteroatoms. The molecule has 0 atom stereocenters. The van der Waals surface area contributed by atoms with Gasteiger partial charge in [0, 0.05) is 6.54 Å². The van der Waals surface area contributed by atoms with Crippen LogP contribution in [0.25, 0.3) is 0 Å². The van der Waals surface area contributed by atoms with E-state index in [9.17, 15) is 4.79 Å². The van der Waals surface area contributed by atoms with Gasteiger partial charge in [-0.2, -0.15) is 0 Å². The van der Waals surface area contributed by atoms with E-state index in [1.165, 1.54) is 18.0 Å². The Hall–Kier alpha value is -1.47. The van der Waals surface area contributed by atoms with E-state index in [1.54, 1.807) is 0 Å². The molecular formula is C6H10N4O3. The molecule has 0 spiro atoms. The second kappa shape index (κ2) is 4.53. The Morgan fingerprint density at radius 1 is 1.85 bits per heavy atom. The van der Waals surface area contributed by atoms with Gasteiger partial charge in [0.1, 0.15) is 0 Å². The average Bonchev–Trinajstić information content (AvgIpc) is 2.53. The summed E-state index contributed by atoms with van der Waals surface area (Å²) >= 11 is 0. The number of aromatic carboxylic acids is 1. The molecule has 1 heterocycles. The molecule has 0 radical (unpaired) electrons. The largest absolute Gasteiger partial charge is 0.476 e. The maximum absolute atomic E-state index is 10.4. The number of hydrogen-bond donors (Lipinski definition) is 2. The summed E-state index contributed by atoms with van der Waals surface area (Å²) in [4.78, 5) is 15.0. The van der Waals surface area contributed by atoms with Crippen molar-refractivity contribution in [3.8, 4) is 0 Å². The normalized spacial score (nSPS) is 10.2. The number of carboxylic acids is 1. The average molecular weight is 186 g/mol. The maximum Gasteiger partial charge on any atom is 0.358 e. The molecule has 0 aromatic carbocycles. The zero-order valence-corrected chi connectivity index (χ0v) is 7.10. The van der Waals surface area contributed by atoms with Gasteiger partial charge in [0.15, 0.2) is 5.69 Å². The molecule has 0 saturated carbocycles. The first-order valence-corrected chi connectivity index (χ1v) is 3.63. The molecule has 1 rings (SSSR count). The Kier molecular flexibility index (Phi) is 3.35. The van der Waals surface area contributed by atoms with Gasteiger partial charge in [-0.25, -0.2) is 10.3 Å². The van der Waals surface area contributed by atoms with Crippen LogP contribution in [0.15, 0.2) is 6.20 Å². The molecule has 0 aliphatic heterocycles. The number of rotatable bonds is 5. The number of hydrogen-bond acceptors (Lipinski definition) is 5. The number of aromatic nitrogens is 3. The van der Waals surface area contributed by atoms with Crippen molar-refractivity contribution in [2.75, 3.05) is 13.7 Å². The van der Waals surface area contributed by atoms with Crippen LogP contribution in [0.1, 0.15) is 10.5 Å². The first-order valence-electron chi connectivity index (χ1n) is 3.63. The first kappa shape index (κ1) is 9.62. The molecule has 0 saturated heterocycles. The van der Waals surface area contributed by atoms with E-state index < -0.39 is 5.97 Å². The molecule has 1 aromatic rings. The van der Waals surface area contributed by atoms with Gasteiger partial charge in [-0.1, -0.05) is 5.21 Å². The van der Waals surface area contributed by atoms with E-state index in [0.29, 0.717) is 13.1 Å². The fourth-order valence-electron chi connectivity index (χ4n) is 0.768. The van der Waals surface area contributed by atoms with Crippen molar-refractivity contribution >= 4 is 5.97 Å². The molecule has 0 aliphatic rings. The van der Waals surface area contributed by atoms with Crippen LogP contribution in [-0.2, 0) is 11.4 Å². The van der Waals surface area contributed by atoms with Crippen LogP contribution in [0.3, 0.4) is 0 Å². The predicted octanol–water partition coefficient (Wildman–Crippen LogP) is -0.873. The summed E-state index contributed by atoms with van der Waals surface area (Å²) in [5, 5.41) is 15.6. The fourth-order valence-corrected chi connectivity index (χ4v) is 0.768. The summed E-state index contributed by atoms with van der Waals surface area (Å²) in [7, 11) is 1.50. The minimum atomic E-state index is -1.08. The lowest BCUT2D eigenvalue weighted by Gasteiger charge is -1.99. The highest BCUT2D eigenvalue weighted by Crippen LogP contribution is 1.91. The molecule has 7 nitrogen and oxygen atoms in total. The molecule has 0 amide bonds. The lowest BCUT2D eigenvalue weighted by atomic mass is 10.5. The van der Waals surface area contributed by atoms with Crippen molar-refractivity contribution in [2.45, 2.75) is 6.54 Å². The third-order valence-corrected chi connectivity index (χ3v) is 1.35. The number of nitrogens with one attached hydrogen (secondary N) is 1. The minimum absolute atomic E-state index is 0.0579. The number of carbonyl (C=O) groups is 1. The molecule has 0 bridgehead atoms. The summed E-state index contributed by atoms with van der Waals surface area (Å²) in [5.41, 5.74) is 2.54. The van der Waals surface area contributed by atoms with Gasteiger partial charge in [-0.3, -0.25) is 4.68 Å². The highest BCUT2D eigenvalue weighted by atomic mass is 16.6. The maximum atomic E-state index is 10.4. The smallest absolute Gasteiger partial charge is 0.358 e. The molecule has 13 heavy (non-hydrogen) atoms. The van der Waals surface area contributed by atoms with E-state index in [0.717, 1.165) is 0 Å². The van der Waals surface area contributed by atoms with Crippen molar-refractivity contribution in [1.29, 1.82) is 0 Å². The van der Waals surface area contributed by atoms with Crippen molar-refractivity contribution in [3.63, 3.8) is 0 Å². The molecule has 2 N–H and O–H groups in total. The highest BCUT2D eigenvalue weighted by molar-refractivity contribution is 5.84. The van der Waals surface area contributed by atoms with Crippen molar-refractivity contribution in [3.05, 3.63) is 11.9 Å². The fraction of sp³-hybridized carbons (Fsp3) is 0.500. The summed E-state index contributed by atoms with van der Waals surface area (Å²) in [6, 6.07) is 0. The van der Waals surface area contributed by atoms with Crippen LogP contribution < -0.4 is 5.48 Å². The van der Waals surface area contributed by atoms with Crippen molar-refractivity contribution < 1.29 is 14.7 Å². The van der Waals surface area contributed by atoms with Crippen LogP contribution >= 0.6 is 0 Å². The van der Waals surface area contributed by atoms with E-state index in [-0.39, 0.29) is 5.69 Å². The molecular weight excluding hydrogens is 176 g/mol. The lowest BCUT2D eigenvalue weighted by molar-refractivity contribution is 0.0690. The monoisotopic (exact) mass is 186 g/mol. The summed E-state index contributed by atoms with van der Waals surface area (Å²) in [5.74, 6) is -1.08. The van der Waals surface area contributed by atoms with Crippen molar-refractivity contribution in [1.82, 2.24) is 20.5 Å². The minimum Gasteiger partial charge on any atom is -0.476 e. The van der Waals surface area contributed by atoms with Crippen LogP contribution in [0, 0.1) is 0 Å². The Bertz CT molecular complexity index is 285. The predicted molar refractivity (Wildman–Crippen MR) is 42.0 cm³/mol. The Labute approximate surface area is 74.3 Å². The van der Waals surface area contributed by atoms with Crippen LogP contribution in [0.2, 0.25) is 0 Å². The Balaban J connectivity index is 2.44. The summed E-state index contributed by atoms with van der Waals surface area (Å²) < 4.78 is 1.43. The highest BCUT2D eigenvalue weighted by Gasteiger charge is 2.07. The standard InChI is InChI=1S/C6H10N4O3/c1-13-7-2-3-10-4-5(6(11)12)8-9-10/h4,7H,2-3H2,1H3,(H,11,12). The van der Waals surface area contributed by atoms with Gasteiger partial charge in [-0.15, -0.1) is 5.10 Å². The molecule has 0 aliphatic carbocycles. The quantitative estimate of drug-likeness (QED) is 0.459. The summed E-state index contributed by atoms with van der Waals surface area (Å²) in [6.07, 6.45) is 1.36. The van der Waals surface area contributed by atoms with Gasteiger partial charge in [0.25, 0.3) is 0 Å². The molecule has 0 unspecified atom stereocenters. The second-order valence-electron chi connectivity index (χ2n) is 2.27. The lowest BCUT2D eigenvalue weighted by Crippen LogP contribution is -2.18. The molecule has 72 valence electrons. The number of carboxylic acid groups (broad SMARTS) is 1. The summed E-state index contributed by atoms with van der Waals surface area (Å²) in [6.45, 7) is 1.05. The van der Waals surface area contributed by atoms with Crippen LogP contribution in [-0.4, -0.2) is 39.7 Å². The van der Waals surface area contributed by atoms with E-state index >= 15 is 0 Å². The third kappa shape index (κ3) is 2.80. The molecule has 1 aromatic heterocycles. The van der Waals surface area contributed by atoms with Gasteiger partial charge in [-0.05, 0) is 0 Å². The molecule has 0 fully saturated rings. The van der Waals surface area contributed by atoms with Crippen molar-refractivity contribution in [2.24, 2.45) is 0 Å². The SMILES string of the molecule is CONCCn1cc(C(=O)O)nn1. The zero-order chi connectivity index (χ0) is 9.68. The van der Waals surface area contributed by atoms with Gasteiger partial charge >= 0.3 is 5.97 Å². The van der Waals surface area contributed by atoms with E-state index in [2.05, 4.69) is 20.6 Å². The topological polar surface area (TPSA) is 89.3 Å². The van der Waals surface area contributed by atoms with E-state index in [1.807, 2.05) is 0 Å². The van der Waals surface area contributed by atoms with Crippen LogP contribution in [0.5, 0.6) is 0 Å². The zero-order valence-electron chi connectivity index (χ0n) is 7.10.